The van der Waals surface area contributed by atoms with E-state index < -0.39 is 5.97 Å². The van der Waals surface area contributed by atoms with Gasteiger partial charge in [0.2, 0.25) is 0 Å². The first kappa shape index (κ1) is 13.8. The molecule has 0 spiro atoms. The predicted molar refractivity (Wildman–Crippen MR) is 82.0 cm³/mol. The van der Waals surface area contributed by atoms with Crippen LogP contribution in [-0.2, 0) is 13.0 Å². The van der Waals surface area contributed by atoms with E-state index in [-0.39, 0.29) is 5.56 Å². The number of thiazole rings is 1. The summed E-state index contributed by atoms with van der Waals surface area (Å²) in [7, 11) is 0. The summed E-state index contributed by atoms with van der Waals surface area (Å²) in [5, 5.41) is 9.16. The Bertz CT molecular complexity index is 820. The normalized spacial score (nSPS) is 11.1. The minimum absolute atomic E-state index is 0.285. The van der Waals surface area contributed by atoms with E-state index in [2.05, 4.69) is 21.5 Å². The number of fused-ring (bicyclic) bond motifs is 1. The zero-order valence-electron chi connectivity index (χ0n) is 11.8. The minimum Gasteiger partial charge on any atom is -0.478 e. The van der Waals surface area contributed by atoms with Gasteiger partial charge in [0, 0.05) is 11.3 Å². The minimum atomic E-state index is -0.920. The lowest BCUT2D eigenvalue weighted by Gasteiger charge is -2.07. The molecule has 21 heavy (non-hydrogen) atoms. The van der Waals surface area contributed by atoms with Crippen LogP contribution < -0.4 is 0 Å². The number of hydrogen-bond acceptors (Lipinski definition) is 4. The highest BCUT2D eigenvalue weighted by atomic mass is 32.1. The highest BCUT2D eigenvalue weighted by molar-refractivity contribution is 7.09. The number of aromatic carboxylic acids is 1. The third-order valence-corrected chi connectivity index (χ3v) is 4.46. The molecule has 0 saturated heterocycles. The first-order valence-corrected chi connectivity index (χ1v) is 7.59. The Kier molecular flexibility index (Phi) is 3.47. The van der Waals surface area contributed by atoms with Gasteiger partial charge in [0.1, 0.15) is 5.82 Å². The van der Waals surface area contributed by atoms with Gasteiger partial charge in [-0.25, -0.2) is 14.8 Å². The quantitative estimate of drug-likeness (QED) is 0.804. The van der Waals surface area contributed by atoms with Gasteiger partial charge < -0.3 is 9.67 Å². The maximum absolute atomic E-state index is 11.2. The average Bonchev–Trinajstić information content (AvgIpc) is 3.03. The Labute approximate surface area is 125 Å². The number of nitrogens with zero attached hydrogens (tertiary/aromatic N) is 3. The first-order valence-electron chi connectivity index (χ1n) is 6.71. The van der Waals surface area contributed by atoms with Crippen molar-refractivity contribution in [1.29, 1.82) is 0 Å². The Morgan fingerprint density at radius 3 is 2.86 bits per heavy atom. The van der Waals surface area contributed by atoms with Crippen LogP contribution in [0.4, 0.5) is 0 Å². The van der Waals surface area contributed by atoms with E-state index in [9.17, 15) is 4.79 Å². The van der Waals surface area contributed by atoms with Gasteiger partial charge in [0.25, 0.3) is 0 Å². The summed E-state index contributed by atoms with van der Waals surface area (Å²) in [6.45, 7) is 4.72. The fraction of sp³-hybridized carbons (Fsp3) is 0.267. The van der Waals surface area contributed by atoms with Crippen LogP contribution in [0.3, 0.4) is 0 Å². The van der Waals surface area contributed by atoms with Gasteiger partial charge in [-0.05, 0) is 25.1 Å². The van der Waals surface area contributed by atoms with Crippen molar-refractivity contribution in [2.45, 2.75) is 26.8 Å². The van der Waals surface area contributed by atoms with Gasteiger partial charge in [-0.3, -0.25) is 0 Å². The summed E-state index contributed by atoms with van der Waals surface area (Å²) >= 11 is 1.61. The largest absolute Gasteiger partial charge is 0.478 e. The summed E-state index contributed by atoms with van der Waals surface area (Å²) in [5.74, 6) is 0.0389. The SMILES string of the molecule is CCc1nc2ccc(C(=O)O)cc2n1Cc1scnc1C. The first-order chi connectivity index (χ1) is 10.1. The van der Waals surface area contributed by atoms with Gasteiger partial charge in [-0.2, -0.15) is 0 Å². The predicted octanol–water partition coefficient (Wildman–Crippen LogP) is 3.11. The summed E-state index contributed by atoms with van der Waals surface area (Å²) in [6.07, 6.45) is 0.801. The molecule has 3 aromatic rings. The van der Waals surface area contributed by atoms with Crippen molar-refractivity contribution in [3.8, 4) is 0 Å². The van der Waals surface area contributed by atoms with E-state index in [1.54, 1.807) is 29.5 Å². The van der Waals surface area contributed by atoms with Crippen LogP contribution in [0.5, 0.6) is 0 Å². The number of carboxylic acid groups (broad SMARTS) is 1. The maximum atomic E-state index is 11.2. The van der Waals surface area contributed by atoms with Crippen molar-refractivity contribution in [1.82, 2.24) is 14.5 Å². The lowest BCUT2D eigenvalue weighted by Crippen LogP contribution is -2.05. The number of rotatable bonds is 4. The molecule has 0 aliphatic heterocycles. The standard InChI is InChI=1S/C15H15N3O2S/c1-3-14-17-11-5-4-10(15(19)20)6-12(11)18(14)7-13-9(2)16-8-21-13/h4-6,8H,3,7H2,1-2H3,(H,19,20). The molecule has 0 unspecified atom stereocenters. The monoisotopic (exact) mass is 301 g/mol. The Hall–Kier alpha value is -2.21. The van der Waals surface area contributed by atoms with E-state index >= 15 is 0 Å². The van der Waals surface area contributed by atoms with Gasteiger partial charge >= 0.3 is 5.97 Å². The van der Waals surface area contributed by atoms with E-state index in [1.807, 2.05) is 12.4 Å². The Balaban J connectivity index is 2.16. The number of carboxylic acids is 1. The molecule has 5 nitrogen and oxygen atoms in total. The number of aryl methyl sites for hydroxylation is 2. The highest BCUT2D eigenvalue weighted by Gasteiger charge is 2.14. The molecule has 0 atom stereocenters. The summed E-state index contributed by atoms with van der Waals surface area (Å²) < 4.78 is 2.09. The van der Waals surface area contributed by atoms with E-state index in [4.69, 9.17) is 5.11 Å². The second-order valence-corrected chi connectivity index (χ2v) is 5.78. The van der Waals surface area contributed by atoms with Crippen LogP contribution in [0.1, 0.15) is 33.7 Å². The molecule has 0 aliphatic rings. The number of aromatic nitrogens is 3. The Morgan fingerprint density at radius 1 is 1.43 bits per heavy atom. The van der Waals surface area contributed by atoms with Gasteiger partial charge in [0.05, 0.1) is 34.3 Å². The third kappa shape index (κ3) is 2.42. The number of imidazole rings is 1. The summed E-state index contributed by atoms with van der Waals surface area (Å²) in [4.78, 5) is 21.2. The van der Waals surface area contributed by atoms with Gasteiger partial charge in [0.15, 0.2) is 0 Å². The molecule has 1 aromatic carbocycles. The molecule has 0 saturated carbocycles. The van der Waals surface area contributed by atoms with Crippen LogP contribution in [0.25, 0.3) is 11.0 Å². The lowest BCUT2D eigenvalue weighted by molar-refractivity contribution is 0.0697. The number of benzene rings is 1. The molecular formula is C15H15N3O2S. The number of hydrogen-bond donors (Lipinski definition) is 1. The third-order valence-electron chi connectivity index (χ3n) is 3.54. The lowest BCUT2D eigenvalue weighted by atomic mass is 10.2. The van der Waals surface area contributed by atoms with Crippen molar-refractivity contribution in [3.63, 3.8) is 0 Å². The molecule has 6 heteroatoms. The molecule has 108 valence electrons. The smallest absolute Gasteiger partial charge is 0.335 e. The Morgan fingerprint density at radius 2 is 2.24 bits per heavy atom. The van der Waals surface area contributed by atoms with E-state index in [0.717, 1.165) is 29.0 Å². The van der Waals surface area contributed by atoms with Crippen LogP contribution in [-0.4, -0.2) is 25.6 Å². The molecule has 2 heterocycles. The van der Waals surface area contributed by atoms with Crippen LogP contribution >= 0.6 is 11.3 Å². The van der Waals surface area contributed by atoms with Crippen molar-refractivity contribution in [3.05, 3.63) is 45.7 Å². The van der Waals surface area contributed by atoms with Crippen molar-refractivity contribution >= 4 is 28.3 Å². The molecule has 3 rings (SSSR count). The van der Waals surface area contributed by atoms with E-state index in [0.29, 0.717) is 6.54 Å². The zero-order chi connectivity index (χ0) is 15.0. The molecule has 0 amide bonds. The molecule has 2 aromatic heterocycles. The molecule has 0 bridgehead atoms. The molecular weight excluding hydrogens is 286 g/mol. The van der Waals surface area contributed by atoms with Gasteiger partial charge in [-0.15, -0.1) is 11.3 Å². The second kappa shape index (κ2) is 5.29. The molecule has 0 fully saturated rings. The van der Waals surface area contributed by atoms with Gasteiger partial charge in [-0.1, -0.05) is 6.92 Å². The highest BCUT2D eigenvalue weighted by Crippen LogP contribution is 2.22. The molecule has 0 aliphatic carbocycles. The molecule has 0 radical (unpaired) electrons. The zero-order valence-corrected chi connectivity index (χ0v) is 12.6. The van der Waals surface area contributed by atoms with Crippen molar-refractivity contribution < 1.29 is 9.90 Å². The molecule has 1 N–H and O–H groups in total. The summed E-state index contributed by atoms with van der Waals surface area (Å²) in [6, 6.07) is 5.06. The van der Waals surface area contributed by atoms with Crippen molar-refractivity contribution in [2.24, 2.45) is 0 Å². The van der Waals surface area contributed by atoms with Crippen LogP contribution in [0.15, 0.2) is 23.7 Å². The fourth-order valence-corrected chi connectivity index (χ4v) is 3.14. The van der Waals surface area contributed by atoms with Crippen molar-refractivity contribution in [2.75, 3.05) is 0 Å². The average molecular weight is 301 g/mol. The topological polar surface area (TPSA) is 68.0 Å². The summed E-state index contributed by atoms with van der Waals surface area (Å²) in [5.41, 5.74) is 4.82. The van der Waals surface area contributed by atoms with E-state index in [1.165, 1.54) is 4.88 Å². The van der Waals surface area contributed by atoms with Crippen LogP contribution in [0, 0.1) is 6.92 Å². The number of carbonyl (C=O) groups is 1. The maximum Gasteiger partial charge on any atom is 0.335 e. The fourth-order valence-electron chi connectivity index (χ4n) is 2.37. The second-order valence-electron chi connectivity index (χ2n) is 4.84. The van der Waals surface area contributed by atoms with Crippen LogP contribution in [0.2, 0.25) is 0 Å².